The molecule has 0 spiro atoms. The monoisotopic (exact) mass is 399 g/mol. The molecule has 0 saturated carbocycles. The van der Waals surface area contributed by atoms with Crippen LogP contribution >= 0.6 is 11.8 Å². The van der Waals surface area contributed by atoms with Gasteiger partial charge in [0.25, 0.3) is 0 Å². The summed E-state index contributed by atoms with van der Waals surface area (Å²) in [6.07, 6.45) is 0. The lowest BCUT2D eigenvalue weighted by atomic mass is 10.1. The summed E-state index contributed by atoms with van der Waals surface area (Å²) in [5.41, 5.74) is 2.87. The van der Waals surface area contributed by atoms with Gasteiger partial charge < -0.3 is 18.9 Å². The lowest BCUT2D eigenvalue weighted by Crippen LogP contribution is -2.26. The van der Waals surface area contributed by atoms with Gasteiger partial charge in [-0.15, -0.1) is 0 Å². The number of amidine groups is 1. The SMILES string of the molecule is COc1ccc(C2=NN3C(C)=Nc4cc(OC)c(OC)cc4C3S2)cc1OC. The Morgan fingerprint density at radius 1 is 0.857 bits per heavy atom. The molecule has 2 aliphatic heterocycles. The molecule has 0 fully saturated rings. The van der Waals surface area contributed by atoms with Crippen molar-refractivity contribution in [2.24, 2.45) is 10.1 Å². The van der Waals surface area contributed by atoms with Gasteiger partial charge in [-0.3, -0.25) is 0 Å². The van der Waals surface area contributed by atoms with E-state index >= 15 is 0 Å². The van der Waals surface area contributed by atoms with Crippen LogP contribution in [0.3, 0.4) is 0 Å². The summed E-state index contributed by atoms with van der Waals surface area (Å²) in [4.78, 5) is 4.70. The Kier molecular flexibility index (Phi) is 4.80. The van der Waals surface area contributed by atoms with E-state index in [2.05, 4.69) is 0 Å². The largest absolute Gasteiger partial charge is 0.493 e. The van der Waals surface area contributed by atoms with Crippen LogP contribution in [0.4, 0.5) is 5.69 Å². The van der Waals surface area contributed by atoms with Gasteiger partial charge in [0, 0.05) is 17.2 Å². The average molecular weight is 399 g/mol. The van der Waals surface area contributed by atoms with Crippen LogP contribution in [0.2, 0.25) is 0 Å². The fourth-order valence-corrected chi connectivity index (χ4v) is 4.49. The maximum Gasteiger partial charge on any atom is 0.162 e. The van der Waals surface area contributed by atoms with E-state index in [9.17, 15) is 0 Å². The topological polar surface area (TPSA) is 64.9 Å². The summed E-state index contributed by atoms with van der Waals surface area (Å²) in [5, 5.41) is 7.61. The molecule has 2 aromatic rings. The number of nitrogens with zero attached hydrogens (tertiary/aromatic N) is 3. The molecule has 8 heteroatoms. The van der Waals surface area contributed by atoms with Crippen molar-refractivity contribution in [1.82, 2.24) is 5.01 Å². The summed E-state index contributed by atoms with van der Waals surface area (Å²) in [6, 6.07) is 9.68. The first-order valence-electron chi connectivity index (χ1n) is 8.67. The lowest BCUT2D eigenvalue weighted by molar-refractivity contribution is 0.352. The van der Waals surface area contributed by atoms with Gasteiger partial charge in [0.15, 0.2) is 23.0 Å². The van der Waals surface area contributed by atoms with Crippen LogP contribution in [0, 0.1) is 0 Å². The zero-order valence-corrected chi connectivity index (χ0v) is 17.2. The second-order valence-electron chi connectivity index (χ2n) is 6.21. The number of thioether (sulfide) groups is 1. The highest BCUT2D eigenvalue weighted by molar-refractivity contribution is 8.14. The van der Waals surface area contributed by atoms with Gasteiger partial charge in [-0.25, -0.2) is 10.0 Å². The van der Waals surface area contributed by atoms with Gasteiger partial charge in [-0.2, -0.15) is 5.10 Å². The molecular formula is C20H21N3O4S. The number of hydrazone groups is 1. The molecule has 2 aromatic carbocycles. The predicted molar refractivity (Wildman–Crippen MR) is 111 cm³/mol. The van der Waals surface area contributed by atoms with Crippen molar-refractivity contribution in [2.75, 3.05) is 28.4 Å². The number of hydrogen-bond acceptors (Lipinski definition) is 8. The van der Waals surface area contributed by atoms with Gasteiger partial charge in [-0.05, 0) is 31.2 Å². The van der Waals surface area contributed by atoms with Crippen LogP contribution in [-0.2, 0) is 0 Å². The molecule has 1 unspecified atom stereocenters. The fourth-order valence-electron chi connectivity index (χ4n) is 3.27. The van der Waals surface area contributed by atoms with Gasteiger partial charge >= 0.3 is 0 Å². The maximum absolute atomic E-state index is 5.48. The predicted octanol–water partition coefficient (Wildman–Crippen LogP) is 4.19. The molecule has 0 saturated heterocycles. The van der Waals surface area contributed by atoms with Gasteiger partial charge in [-0.1, -0.05) is 11.8 Å². The number of hydrogen-bond donors (Lipinski definition) is 0. The zero-order chi connectivity index (χ0) is 19.8. The van der Waals surface area contributed by atoms with E-state index in [1.54, 1.807) is 40.2 Å². The van der Waals surface area contributed by atoms with Gasteiger partial charge in [0.1, 0.15) is 16.3 Å². The molecule has 2 aliphatic rings. The van der Waals surface area contributed by atoms with E-state index in [-0.39, 0.29) is 5.37 Å². The van der Waals surface area contributed by atoms with Crippen molar-refractivity contribution in [1.29, 1.82) is 0 Å². The van der Waals surface area contributed by atoms with Crippen molar-refractivity contribution >= 4 is 28.3 Å². The van der Waals surface area contributed by atoms with E-state index in [4.69, 9.17) is 29.0 Å². The maximum atomic E-state index is 5.48. The van der Waals surface area contributed by atoms with E-state index in [1.807, 2.05) is 42.3 Å². The molecular weight excluding hydrogens is 378 g/mol. The molecule has 1 atom stereocenters. The van der Waals surface area contributed by atoms with Crippen LogP contribution < -0.4 is 18.9 Å². The third-order valence-corrected chi connectivity index (χ3v) is 5.90. The molecule has 146 valence electrons. The minimum atomic E-state index is -0.0181. The van der Waals surface area contributed by atoms with Crippen LogP contribution in [-0.4, -0.2) is 44.3 Å². The molecule has 4 rings (SSSR count). The van der Waals surface area contributed by atoms with Gasteiger partial charge in [0.05, 0.1) is 34.1 Å². The first-order valence-corrected chi connectivity index (χ1v) is 9.55. The van der Waals surface area contributed by atoms with Gasteiger partial charge in [0.2, 0.25) is 0 Å². The molecule has 0 radical (unpaired) electrons. The Balaban J connectivity index is 1.73. The van der Waals surface area contributed by atoms with E-state index in [0.717, 1.165) is 27.7 Å². The molecule has 0 amide bonds. The normalized spacial score (nSPS) is 17.3. The van der Waals surface area contributed by atoms with Crippen molar-refractivity contribution in [3.05, 3.63) is 41.5 Å². The number of methoxy groups -OCH3 is 4. The number of aliphatic imine (C=N–C) groups is 1. The second-order valence-corrected chi connectivity index (χ2v) is 7.28. The Morgan fingerprint density at radius 2 is 1.50 bits per heavy atom. The molecule has 0 aliphatic carbocycles. The summed E-state index contributed by atoms with van der Waals surface area (Å²) >= 11 is 1.66. The van der Waals surface area contributed by atoms with Crippen molar-refractivity contribution in [3.63, 3.8) is 0 Å². The number of benzene rings is 2. The Bertz CT molecular complexity index is 990. The summed E-state index contributed by atoms with van der Waals surface area (Å²) < 4.78 is 21.7. The first kappa shape index (κ1) is 18.5. The van der Waals surface area contributed by atoms with Crippen LogP contribution in [0.15, 0.2) is 40.4 Å². The van der Waals surface area contributed by atoms with Crippen LogP contribution in [0.25, 0.3) is 0 Å². The molecule has 0 aromatic heterocycles. The molecule has 2 heterocycles. The number of rotatable bonds is 5. The number of ether oxygens (including phenoxy) is 4. The highest BCUT2D eigenvalue weighted by Crippen LogP contribution is 2.50. The fraction of sp³-hybridized carbons (Fsp3) is 0.300. The second kappa shape index (κ2) is 7.27. The Labute approximate surface area is 167 Å². The van der Waals surface area contributed by atoms with E-state index in [1.165, 1.54) is 0 Å². The molecule has 7 nitrogen and oxygen atoms in total. The van der Waals surface area contributed by atoms with E-state index in [0.29, 0.717) is 23.0 Å². The minimum absolute atomic E-state index is 0.0181. The third-order valence-electron chi connectivity index (χ3n) is 4.69. The Hall–Kier alpha value is -2.87. The van der Waals surface area contributed by atoms with Crippen LogP contribution in [0.5, 0.6) is 23.0 Å². The molecule has 0 bridgehead atoms. The highest BCUT2D eigenvalue weighted by atomic mass is 32.2. The lowest BCUT2D eigenvalue weighted by Gasteiger charge is -2.28. The van der Waals surface area contributed by atoms with E-state index < -0.39 is 0 Å². The van der Waals surface area contributed by atoms with Crippen LogP contribution in [0.1, 0.15) is 23.4 Å². The standard InChI is InChI=1S/C20H21N3O4S/c1-11-21-14-10-18(27-5)17(26-4)9-13(14)20-23(11)22-19(28-20)12-6-7-15(24-2)16(8-12)25-3/h6-10,20H,1-5H3. The zero-order valence-electron chi connectivity index (χ0n) is 16.3. The summed E-state index contributed by atoms with van der Waals surface area (Å²) in [6.45, 7) is 1.95. The first-order chi connectivity index (χ1) is 13.6. The quantitative estimate of drug-likeness (QED) is 0.751. The van der Waals surface area contributed by atoms with Crippen molar-refractivity contribution in [2.45, 2.75) is 12.3 Å². The minimum Gasteiger partial charge on any atom is -0.493 e. The molecule has 28 heavy (non-hydrogen) atoms. The highest BCUT2D eigenvalue weighted by Gasteiger charge is 2.36. The van der Waals surface area contributed by atoms with Crippen molar-refractivity contribution in [3.8, 4) is 23.0 Å². The Morgan fingerprint density at radius 3 is 2.18 bits per heavy atom. The average Bonchev–Trinajstić information content (AvgIpc) is 3.18. The number of fused-ring (bicyclic) bond motifs is 3. The molecule has 0 N–H and O–H groups in total. The summed E-state index contributed by atoms with van der Waals surface area (Å²) in [7, 11) is 6.50. The van der Waals surface area contributed by atoms with Crippen molar-refractivity contribution < 1.29 is 18.9 Å². The summed E-state index contributed by atoms with van der Waals surface area (Å²) in [5.74, 6) is 3.52. The third kappa shape index (κ3) is 2.93. The smallest absolute Gasteiger partial charge is 0.162 e.